The van der Waals surface area contributed by atoms with E-state index in [1.807, 2.05) is 0 Å². The quantitative estimate of drug-likeness (QED) is 0.480. The summed E-state index contributed by atoms with van der Waals surface area (Å²) < 4.78 is 1.52. The van der Waals surface area contributed by atoms with Gasteiger partial charge in [0.25, 0.3) is 5.62 Å². The zero-order valence-electron chi connectivity index (χ0n) is 8.66. The number of nitrogens with one attached hydrogen (secondary N) is 1. The van der Waals surface area contributed by atoms with Crippen LogP contribution in [0.25, 0.3) is 11.3 Å². The van der Waals surface area contributed by atoms with E-state index in [2.05, 4.69) is 20.1 Å². The summed E-state index contributed by atoms with van der Waals surface area (Å²) in [6, 6.07) is 0. The number of hydrogen-bond acceptors (Lipinski definition) is 4. The predicted octanol–water partition coefficient (Wildman–Crippen LogP) is 0.556. The van der Waals surface area contributed by atoms with Gasteiger partial charge in [-0.1, -0.05) is 0 Å². The maximum Gasteiger partial charge on any atom is 0.279 e. The third-order valence-corrected chi connectivity index (χ3v) is 2.30. The molecule has 0 aliphatic rings. The molecule has 0 saturated carbocycles. The Kier molecular flexibility index (Phi) is 2.88. The van der Waals surface area contributed by atoms with Crippen molar-refractivity contribution in [3.8, 4) is 11.3 Å². The fourth-order valence-corrected chi connectivity index (χ4v) is 1.43. The second-order valence-corrected chi connectivity index (χ2v) is 3.47. The molecule has 0 unspecified atom stereocenters. The van der Waals surface area contributed by atoms with Crippen LogP contribution in [0.5, 0.6) is 0 Å². The van der Waals surface area contributed by atoms with Gasteiger partial charge in [0.15, 0.2) is 5.03 Å². The van der Waals surface area contributed by atoms with E-state index < -0.39 is 5.03 Å². The lowest BCUT2D eigenvalue weighted by Gasteiger charge is -2.00. The summed E-state index contributed by atoms with van der Waals surface area (Å²) in [6.07, 6.45) is 4.62. The first-order chi connectivity index (χ1) is 8.08. The standard InChI is InChI=1S/C8H7ClN6O2/c1-14-6(4-12-8(14)13-15(16)17)5-2-10-7(9)11-3-5/h2-4H,1H3,(H,12,13). The van der Waals surface area contributed by atoms with E-state index in [4.69, 9.17) is 11.6 Å². The van der Waals surface area contributed by atoms with Crippen LogP contribution < -0.4 is 5.62 Å². The summed E-state index contributed by atoms with van der Waals surface area (Å²) >= 11 is 5.57. The molecule has 2 aromatic heterocycles. The molecule has 0 saturated heterocycles. The van der Waals surface area contributed by atoms with Gasteiger partial charge in [-0.25, -0.2) is 20.1 Å². The molecule has 0 bridgehead atoms. The molecule has 8 nitrogen and oxygen atoms in total. The number of halogens is 1. The van der Waals surface area contributed by atoms with Crippen molar-refractivity contribution in [1.82, 2.24) is 19.5 Å². The van der Waals surface area contributed by atoms with E-state index >= 15 is 0 Å². The summed E-state index contributed by atoms with van der Waals surface area (Å²) in [7, 11) is 1.64. The first-order valence-corrected chi connectivity index (χ1v) is 4.87. The molecule has 0 amide bonds. The zero-order valence-corrected chi connectivity index (χ0v) is 9.42. The van der Waals surface area contributed by atoms with Crippen LogP contribution in [0.3, 0.4) is 0 Å². The fraction of sp³-hybridized carbons (Fsp3) is 0.125. The van der Waals surface area contributed by atoms with Crippen molar-refractivity contribution in [2.75, 3.05) is 0 Å². The second kappa shape index (κ2) is 4.34. The first kappa shape index (κ1) is 11.3. The number of aromatic nitrogens is 4. The number of hydrogen-bond donors (Lipinski definition) is 1. The summed E-state index contributed by atoms with van der Waals surface area (Å²) in [5.74, 6) is 0. The molecule has 0 aromatic carbocycles. The Morgan fingerprint density at radius 1 is 1.53 bits per heavy atom. The smallest absolute Gasteiger partial charge is 0.279 e. The van der Waals surface area contributed by atoms with Crippen LogP contribution in [0.2, 0.25) is 5.28 Å². The minimum absolute atomic E-state index is 0.125. The number of nitro groups is 1. The summed E-state index contributed by atoms with van der Waals surface area (Å²) in [5.41, 5.74) is 1.47. The Bertz CT molecular complexity index is 614. The Hall–Kier alpha value is -2.22. The van der Waals surface area contributed by atoms with Crippen LogP contribution in [0.15, 0.2) is 23.7 Å². The van der Waals surface area contributed by atoms with Gasteiger partial charge in [0.05, 0.1) is 5.69 Å². The fourth-order valence-electron chi connectivity index (χ4n) is 1.34. The van der Waals surface area contributed by atoms with Gasteiger partial charge in [-0.05, 0) is 11.6 Å². The van der Waals surface area contributed by atoms with Crippen LogP contribution in [0, 0.1) is 10.1 Å². The number of H-pyrrole nitrogens is 1. The maximum absolute atomic E-state index is 10.3. The van der Waals surface area contributed by atoms with Gasteiger partial charge in [-0.2, -0.15) is 0 Å². The van der Waals surface area contributed by atoms with Crippen LogP contribution in [0.1, 0.15) is 0 Å². The minimum atomic E-state index is -0.770. The molecule has 9 heteroatoms. The number of nitrogens with zero attached hydrogens (tertiary/aromatic N) is 5. The maximum atomic E-state index is 10.3. The highest BCUT2D eigenvalue weighted by atomic mass is 35.5. The van der Waals surface area contributed by atoms with Gasteiger partial charge in [0.2, 0.25) is 5.28 Å². The molecular formula is C8H7ClN6O2. The third-order valence-electron chi connectivity index (χ3n) is 2.11. The average molecular weight is 255 g/mol. The van der Waals surface area contributed by atoms with Crippen LogP contribution in [0.4, 0.5) is 0 Å². The molecule has 0 spiro atoms. The Morgan fingerprint density at radius 2 is 2.18 bits per heavy atom. The van der Waals surface area contributed by atoms with E-state index in [0.29, 0.717) is 11.3 Å². The molecule has 17 heavy (non-hydrogen) atoms. The number of aromatic amines is 1. The van der Waals surface area contributed by atoms with E-state index in [1.54, 1.807) is 13.2 Å². The molecule has 0 radical (unpaired) electrons. The van der Waals surface area contributed by atoms with Crippen LogP contribution in [-0.4, -0.2) is 24.6 Å². The van der Waals surface area contributed by atoms with Crippen molar-refractivity contribution in [1.29, 1.82) is 0 Å². The predicted molar refractivity (Wildman–Crippen MR) is 58.4 cm³/mol. The molecule has 2 rings (SSSR count). The van der Waals surface area contributed by atoms with Crippen LogP contribution >= 0.6 is 11.6 Å². The minimum Gasteiger partial charge on any atom is -0.325 e. The molecule has 0 aliphatic carbocycles. The van der Waals surface area contributed by atoms with Crippen molar-refractivity contribution in [2.24, 2.45) is 12.1 Å². The Morgan fingerprint density at radius 3 is 2.76 bits per heavy atom. The molecule has 0 fully saturated rings. The van der Waals surface area contributed by atoms with Crippen molar-refractivity contribution >= 4 is 11.6 Å². The Balaban J connectivity index is 2.51. The lowest BCUT2D eigenvalue weighted by atomic mass is 10.3. The molecule has 2 aromatic rings. The first-order valence-electron chi connectivity index (χ1n) is 4.49. The highest BCUT2D eigenvalue weighted by Crippen LogP contribution is 2.14. The highest BCUT2D eigenvalue weighted by Gasteiger charge is 2.07. The van der Waals surface area contributed by atoms with Crippen molar-refractivity contribution in [3.05, 3.63) is 39.6 Å². The van der Waals surface area contributed by atoms with Gasteiger partial charge >= 0.3 is 0 Å². The van der Waals surface area contributed by atoms with Gasteiger partial charge < -0.3 is 9.55 Å². The Labute approximate surface area is 99.8 Å². The van der Waals surface area contributed by atoms with Crippen LogP contribution in [-0.2, 0) is 7.05 Å². The van der Waals surface area contributed by atoms with Gasteiger partial charge in [0, 0.05) is 31.2 Å². The number of rotatable bonds is 2. The molecule has 0 atom stereocenters. The van der Waals surface area contributed by atoms with E-state index in [1.165, 1.54) is 17.0 Å². The zero-order chi connectivity index (χ0) is 12.4. The number of imidazole rings is 1. The van der Waals surface area contributed by atoms with Gasteiger partial charge in [0.1, 0.15) is 5.10 Å². The topological polar surface area (TPSA) is 102 Å². The summed E-state index contributed by atoms with van der Waals surface area (Å²) in [6.45, 7) is 0. The molecule has 1 N–H and O–H groups in total. The third kappa shape index (κ3) is 2.31. The van der Waals surface area contributed by atoms with Crippen molar-refractivity contribution in [3.63, 3.8) is 0 Å². The summed E-state index contributed by atoms with van der Waals surface area (Å²) in [4.78, 5) is 20.6. The van der Waals surface area contributed by atoms with Crippen molar-refractivity contribution in [2.45, 2.75) is 0 Å². The lowest BCUT2D eigenvalue weighted by Crippen LogP contribution is -2.18. The largest absolute Gasteiger partial charge is 0.325 e. The SMILES string of the molecule is Cn1c(-c2cnc(Cl)nc2)c[nH]c1=N[N+](=O)[O-]. The molecule has 0 aliphatic heterocycles. The highest BCUT2D eigenvalue weighted by molar-refractivity contribution is 6.28. The monoisotopic (exact) mass is 254 g/mol. The molecule has 2 heterocycles. The normalized spacial score (nSPS) is 11.8. The molecular weight excluding hydrogens is 248 g/mol. The van der Waals surface area contributed by atoms with E-state index in [9.17, 15) is 10.1 Å². The average Bonchev–Trinajstić information content (AvgIpc) is 2.61. The van der Waals surface area contributed by atoms with Crippen molar-refractivity contribution < 1.29 is 5.03 Å². The molecule has 88 valence electrons. The van der Waals surface area contributed by atoms with Gasteiger partial charge in [-0.3, -0.25) is 0 Å². The van der Waals surface area contributed by atoms with E-state index in [-0.39, 0.29) is 10.9 Å². The second-order valence-electron chi connectivity index (χ2n) is 3.14. The van der Waals surface area contributed by atoms with E-state index in [0.717, 1.165) is 0 Å². The summed E-state index contributed by atoms with van der Waals surface area (Å²) in [5, 5.41) is 12.8. The van der Waals surface area contributed by atoms with Gasteiger partial charge in [-0.15, -0.1) is 0 Å². The lowest BCUT2D eigenvalue weighted by molar-refractivity contribution is -0.491.